The highest BCUT2D eigenvalue weighted by atomic mass is 32.2. The van der Waals surface area contributed by atoms with Crippen molar-refractivity contribution in [2.24, 2.45) is 0 Å². The van der Waals surface area contributed by atoms with E-state index in [1.165, 1.54) is 30.3 Å². The van der Waals surface area contributed by atoms with Gasteiger partial charge in [-0.25, -0.2) is 13.2 Å². The standard InChI is InChI=1S/C16H14N2O4S/c1-10-7-13(16(19)20)8-15(11(10)2)23(21,22)18-14-5-3-12(9-17)4-6-14/h3-8,18H,1-2H3,(H,19,20). The minimum atomic E-state index is -3.94. The smallest absolute Gasteiger partial charge is 0.335 e. The molecule has 0 aliphatic heterocycles. The predicted molar refractivity (Wildman–Crippen MR) is 84.8 cm³/mol. The van der Waals surface area contributed by atoms with E-state index in [4.69, 9.17) is 10.4 Å². The average Bonchev–Trinajstić information content (AvgIpc) is 2.49. The second-order valence-corrected chi connectivity index (χ2v) is 6.67. The van der Waals surface area contributed by atoms with Crippen molar-refractivity contribution in [2.45, 2.75) is 18.7 Å². The minimum Gasteiger partial charge on any atom is -0.478 e. The summed E-state index contributed by atoms with van der Waals surface area (Å²) in [5.41, 5.74) is 1.67. The molecule has 0 saturated carbocycles. The van der Waals surface area contributed by atoms with E-state index < -0.39 is 16.0 Å². The molecule has 2 rings (SSSR count). The molecular weight excluding hydrogens is 316 g/mol. The van der Waals surface area contributed by atoms with Crippen LogP contribution in [0.4, 0.5) is 5.69 Å². The molecule has 2 N–H and O–H groups in total. The van der Waals surface area contributed by atoms with Crippen LogP contribution in [-0.4, -0.2) is 19.5 Å². The Hall–Kier alpha value is -2.85. The van der Waals surface area contributed by atoms with E-state index in [9.17, 15) is 13.2 Å². The molecular formula is C16H14N2O4S. The summed E-state index contributed by atoms with van der Waals surface area (Å²) in [6.45, 7) is 3.27. The third-order valence-electron chi connectivity index (χ3n) is 3.42. The molecule has 0 heterocycles. The normalized spacial score (nSPS) is 10.8. The second-order valence-electron chi connectivity index (χ2n) is 5.02. The molecule has 0 bridgehead atoms. The topological polar surface area (TPSA) is 107 Å². The van der Waals surface area contributed by atoms with Crippen LogP contribution in [0.3, 0.4) is 0 Å². The van der Waals surface area contributed by atoms with Crippen LogP contribution in [0, 0.1) is 25.2 Å². The molecule has 0 radical (unpaired) electrons. The molecule has 7 heteroatoms. The summed E-state index contributed by atoms with van der Waals surface area (Å²) in [6.07, 6.45) is 0. The average molecular weight is 330 g/mol. The Morgan fingerprint density at radius 2 is 1.78 bits per heavy atom. The first-order chi connectivity index (χ1) is 10.7. The molecule has 6 nitrogen and oxygen atoms in total. The number of rotatable bonds is 4. The van der Waals surface area contributed by atoms with Crippen molar-refractivity contribution in [3.8, 4) is 6.07 Å². The number of carbonyl (C=O) groups is 1. The third kappa shape index (κ3) is 3.49. The predicted octanol–water partition coefficient (Wildman–Crippen LogP) is 2.67. The van der Waals surface area contributed by atoms with Gasteiger partial charge < -0.3 is 5.11 Å². The first kappa shape index (κ1) is 16.5. The lowest BCUT2D eigenvalue weighted by molar-refractivity contribution is 0.0696. The molecule has 0 spiro atoms. The summed E-state index contributed by atoms with van der Waals surface area (Å²) in [4.78, 5) is 11.0. The zero-order valence-corrected chi connectivity index (χ0v) is 13.3. The van der Waals surface area contributed by atoms with E-state index >= 15 is 0 Å². The molecule has 0 unspecified atom stereocenters. The molecule has 0 aliphatic carbocycles. The van der Waals surface area contributed by atoms with Crippen molar-refractivity contribution >= 4 is 21.7 Å². The number of benzene rings is 2. The largest absolute Gasteiger partial charge is 0.478 e. The maximum Gasteiger partial charge on any atom is 0.335 e. The summed E-state index contributed by atoms with van der Waals surface area (Å²) in [6, 6.07) is 10.4. The maximum absolute atomic E-state index is 12.5. The lowest BCUT2D eigenvalue weighted by Crippen LogP contribution is -2.16. The highest BCUT2D eigenvalue weighted by Crippen LogP contribution is 2.24. The molecule has 0 atom stereocenters. The van der Waals surface area contributed by atoms with Gasteiger partial charge in [0, 0.05) is 5.69 Å². The van der Waals surface area contributed by atoms with Gasteiger partial charge in [-0.05, 0) is 61.4 Å². The number of carboxylic acid groups (broad SMARTS) is 1. The van der Waals surface area contributed by atoms with E-state index in [0.717, 1.165) is 6.07 Å². The second kappa shape index (κ2) is 6.10. The van der Waals surface area contributed by atoms with Crippen LogP contribution in [-0.2, 0) is 10.0 Å². The first-order valence-corrected chi connectivity index (χ1v) is 8.10. The molecule has 118 valence electrons. The van der Waals surface area contributed by atoms with Gasteiger partial charge in [-0.2, -0.15) is 5.26 Å². The van der Waals surface area contributed by atoms with Gasteiger partial charge in [-0.1, -0.05) is 0 Å². The highest BCUT2D eigenvalue weighted by molar-refractivity contribution is 7.92. The summed E-state index contributed by atoms with van der Waals surface area (Å²) >= 11 is 0. The van der Waals surface area contributed by atoms with Crippen LogP contribution in [0.5, 0.6) is 0 Å². The molecule has 0 saturated heterocycles. The minimum absolute atomic E-state index is 0.0840. The summed E-state index contributed by atoms with van der Waals surface area (Å²) in [5, 5.41) is 17.8. The number of nitriles is 1. The number of sulfonamides is 1. The van der Waals surface area contributed by atoms with Crippen molar-refractivity contribution in [3.05, 3.63) is 58.7 Å². The van der Waals surface area contributed by atoms with Gasteiger partial charge in [-0.3, -0.25) is 4.72 Å². The Labute approximate surface area is 134 Å². The van der Waals surface area contributed by atoms with Gasteiger partial charge in [0.1, 0.15) is 0 Å². The SMILES string of the molecule is Cc1cc(C(=O)O)cc(S(=O)(=O)Nc2ccc(C#N)cc2)c1C. The Kier molecular flexibility index (Phi) is 4.38. The van der Waals surface area contributed by atoms with Crippen molar-refractivity contribution in [1.82, 2.24) is 0 Å². The van der Waals surface area contributed by atoms with Crippen molar-refractivity contribution < 1.29 is 18.3 Å². The number of hydrogen-bond acceptors (Lipinski definition) is 4. The van der Waals surface area contributed by atoms with Crippen LogP contribution in [0.2, 0.25) is 0 Å². The Balaban J connectivity index is 2.46. The van der Waals surface area contributed by atoms with Gasteiger partial charge in [-0.15, -0.1) is 0 Å². The van der Waals surface area contributed by atoms with Crippen LogP contribution in [0.25, 0.3) is 0 Å². The Morgan fingerprint density at radius 3 is 2.30 bits per heavy atom. The quantitative estimate of drug-likeness (QED) is 0.896. The van der Waals surface area contributed by atoms with Crippen LogP contribution >= 0.6 is 0 Å². The van der Waals surface area contributed by atoms with Gasteiger partial charge in [0.05, 0.1) is 22.1 Å². The van der Waals surface area contributed by atoms with Crippen LogP contribution in [0.1, 0.15) is 27.0 Å². The fourth-order valence-corrected chi connectivity index (χ4v) is 3.46. The van der Waals surface area contributed by atoms with Crippen LogP contribution in [0.15, 0.2) is 41.3 Å². The number of nitrogens with zero attached hydrogens (tertiary/aromatic N) is 1. The Morgan fingerprint density at radius 1 is 1.17 bits per heavy atom. The summed E-state index contributed by atoms with van der Waals surface area (Å²) < 4.78 is 27.5. The number of aromatic carboxylic acids is 1. The number of hydrogen-bond donors (Lipinski definition) is 2. The third-order valence-corrected chi connectivity index (χ3v) is 4.93. The summed E-state index contributed by atoms with van der Waals surface area (Å²) in [5.74, 6) is -1.19. The van der Waals surface area contributed by atoms with E-state index in [-0.39, 0.29) is 10.5 Å². The van der Waals surface area contributed by atoms with Gasteiger partial charge in [0.2, 0.25) is 0 Å². The molecule has 2 aromatic carbocycles. The number of carboxylic acids is 1. The van der Waals surface area contributed by atoms with Crippen molar-refractivity contribution in [1.29, 1.82) is 5.26 Å². The molecule has 2 aromatic rings. The van der Waals surface area contributed by atoms with E-state index in [1.807, 2.05) is 6.07 Å². The molecule has 0 amide bonds. The molecule has 0 fully saturated rings. The van der Waals surface area contributed by atoms with E-state index in [2.05, 4.69) is 4.72 Å². The van der Waals surface area contributed by atoms with Gasteiger partial charge in [0.25, 0.3) is 10.0 Å². The molecule has 0 aromatic heterocycles. The first-order valence-electron chi connectivity index (χ1n) is 6.62. The Bertz CT molecular complexity index is 910. The fraction of sp³-hybridized carbons (Fsp3) is 0.125. The van der Waals surface area contributed by atoms with Gasteiger partial charge >= 0.3 is 5.97 Å². The number of nitrogens with one attached hydrogen (secondary N) is 1. The van der Waals surface area contributed by atoms with E-state index in [0.29, 0.717) is 22.4 Å². The number of aryl methyl sites for hydroxylation is 1. The highest BCUT2D eigenvalue weighted by Gasteiger charge is 2.20. The fourth-order valence-electron chi connectivity index (χ4n) is 2.05. The van der Waals surface area contributed by atoms with E-state index in [1.54, 1.807) is 13.8 Å². The van der Waals surface area contributed by atoms with Crippen molar-refractivity contribution in [2.75, 3.05) is 4.72 Å². The molecule has 23 heavy (non-hydrogen) atoms. The zero-order chi connectivity index (χ0) is 17.2. The monoisotopic (exact) mass is 330 g/mol. The van der Waals surface area contributed by atoms with Gasteiger partial charge in [0.15, 0.2) is 0 Å². The maximum atomic E-state index is 12.5. The van der Waals surface area contributed by atoms with Crippen molar-refractivity contribution in [3.63, 3.8) is 0 Å². The lowest BCUT2D eigenvalue weighted by Gasteiger charge is -2.13. The zero-order valence-electron chi connectivity index (χ0n) is 12.5. The van der Waals surface area contributed by atoms with Crippen LogP contribution < -0.4 is 4.72 Å². The summed E-state index contributed by atoms with van der Waals surface area (Å²) in [7, 11) is -3.94. The lowest BCUT2D eigenvalue weighted by atomic mass is 10.1. The number of anilines is 1. The molecule has 0 aliphatic rings.